The number of rotatable bonds is 5. The Morgan fingerprint density at radius 1 is 1.24 bits per heavy atom. The molecule has 3 aromatic rings. The molecular weight excluding hydrogens is 408 g/mol. The average Bonchev–Trinajstić information content (AvgIpc) is 3.29. The van der Waals surface area contributed by atoms with E-state index in [1.165, 1.54) is 28.6 Å². The van der Waals surface area contributed by atoms with Crippen LogP contribution in [0.15, 0.2) is 5.16 Å². The number of carbonyl (C=O) groups is 2. The van der Waals surface area contributed by atoms with E-state index in [2.05, 4.69) is 34.9 Å². The van der Waals surface area contributed by atoms with E-state index in [1.807, 2.05) is 4.40 Å². The minimum atomic E-state index is -0.289. The predicted molar refractivity (Wildman–Crippen MR) is 114 cm³/mol. The summed E-state index contributed by atoms with van der Waals surface area (Å²) in [5, 5.41) is 10.6. The van der Waals surface area contributed by atoms with Gasteiger partial charge in [0.1, 0.15) is 10.7 Å². The van der Waals surface area contributed by atoms with Gasteiger partial charge in [0.2, 0.25) is 11.8 Å². The van der Waals surface area contributed by atoms with E-state index in [0.717, 1.165) is 41.0 Å². The van der Waals surface area contributed by atoms with E-state index < -0.39 is 0 Å². The summed E-state index contributed by atoms with van der Waals surface area (Å²) in [4.78, 5) is 30.7. The maximum atomic E-state index is 12.0. The lowest BCUT2D eigenvalue weighted by atomic mass is 9.89. The second-order valence-corrected chi connectivity index (χ2v) is 9.32. The zero-order valence-corrected chi connectivity index (χ0v) is 18.4. The van der Waals surface area contributed by atoms with Crippen molar-refractivity contribution in [2.75, 3.05) is 5.75 Å². The number of hydrogen-bond donors (Lipinski definition) is 2. The first-order valence-electron chi connectivity index (χ1n) is 9.90. The second kappa shape index (κ2) is 8.27. The molecule has 1 atom stereocenters. The Labute approximate surface area is 176 Å². The SMILES string of the molecule is CCC(=O)NNC(=O)CSc1nnc2c3c4c(sc3nc(CC)n12)C[C@@H](C)CC4. The summed E-state index contributed by atoms with van der Waals surface area (Å²) < 4.78 is 1.98. The number of hydrogen-bond acceptors (Lipinski definition) is 7. The van der Waals surface area contributed by atoms with Crippen LogP contribution < -0.4 is 10.9 Å². The van der Waals surface area contributed by atoms with E-state index in [1.54, 1.807) is 18.3 Å². The zero-order chi connectivity index (χ0) is 20.5. The molecule has 10 heteroatoms. The Kier molecular flexibility index (Phi) is 5.73. The van der Waals surface area contributed by atoms with Gasteiger partial charge in [0.05, 0.1) is 11.1 Å². The van der Waals surface area contributed by atoms with E-state index in [-0.39, 0.29) is 17.6 Å². The molecule has 154 valence electrons. The number of nitrogens with one attached hydrogen (secondary N) is 2. The molecule has 0 saturated heterocycles. The lowest BCUT2D eigenvalue weighted by Crippen LogP contribution is -2.42. The van der Waals surface area contributed by atoms with E-state index in [0.29, 0.717) is 17.5 Å². The van der Waals surface area contributed by atoms with Crippen LogP contribution in [0.4, 0.5) is 0 Å². The number of thioether (sulfide) groups is 1. The highest BCUT2D eigenvalue weighted by Gasteiger charge is 2.25. The first-order chi connectivity index (χ1) is 14.0. The first-order valence-corrected chi connectivity index (χ1v) is 11.7. The lowest BCUT2D eigenvalue weighted by molar-refractivity contribution is -0.127. The Bertz CT molecular complexity index is 1090. The van der Waals surface area contributed by atoms with Crippen molar-refractivity contribution in [2.24, 2.45) is 5.92 Å². The van der Waals surface area contributed by atoms with Gasteiger partial charge in [-0.15, -0.1) is 21.5 Å². The molecule has 3 heterocycles. The highest BCUT2D eigenvalue weighted by Crippen LogP contribution is 2.39. The summed E-state index contributed by atoms with van der Waals surface area (Å²) in [5.41, 5.74) is 6.99. The summed E-state index contributed by atoms with van der Waals surface area (Å²) in [5.74, 6) is 1.21. The minimum Gasteiger partial charge on any atom is -0.273 e. The maximum absolute atomic E-state index is 12.0. The molecule has 0 saturated carbocycles. The molecule has 2 N–H and O–H groups in total. The largest absolute Gasteiger partial charge is 0.273 e. The summed E-state index contributed by atoms with van der Waals surface area (Å²) >= 11 is 3.08. The van der Waals surface area contributed by atoms with Crippen molar-refractivity contribution in [1.29, 1.82) is 0 Å². The van der Waals surface area contributed by atoms with Crippen molar-refractivity contribution in [3.63, 3.8) is 0 Å². The number of hydrazine groups is 1. The van der Waals surface area contributed by atoms with Gasteiger partial charge in [-0.05, 0) is 30.7 Å². The van der Waals surface area contributed by atoms with Crippen LogP contribution in [0.3, 0.4) is 0 Å². The fraction of sp³-hybridized carbons (Fsp3) is 0.526. The number of fused-ring (bicyclic) bond motifs is 5. The topological polar surface area (TPSA) is 101 Å². The van der Waals surface area contributed by atoms with Crippen LogP contribution in [0.1, 0.15) is 49.9 Å². The number of carbonyl (C=O) groups excluding carboxylic acids is 2. The van der Waals surface area contributed by atoms with Crippen molar-refractivity contribution in [1.82, 2.24) is 30.4 Å². The smallest absolute Gasteiger partial charge is 0.248 e. The van der Waals surface area contributed by atoms with Crippen molar-refractivity contribution < 1.29 is 9.59 Å². The molecule has 29 heavy (non-hydrogen) atoms. The van der Waals surface area contributed by atoms with E-state index >= 15 is 0 Å². The predicted octanol–water partition coefficient (Wildman–Crippen LogP) is 2.68. The molecule has 8 nitrogen and oxygen atoms in total. The molecule has 0 fully saturated rings. The summed E-state index contributed by atoms with van der Waals surface area (Å²) in [7, 11) is 0. The molecule has 0 unspecified atom stereocenters. The normalized spacial score (nSPS) is 16.2. The molecular formula is C19H24N6O2S2. The Morgan fingerprint density at radius 3 is 2.79 bits per heavy atom. The van der Waals surface area contributed by atoms with Gasteiger partial charge < -0.3 is 0 Å². The van der Waals surface area contributed by atoms with Crippen molar-refractivity contribution >= 4 is 50.8 Å². The van der Waals surface area contributed by atoms with Crippen LogP contribution in [-0.2, 0) is 28.9 Å². The zero-order valence-electron chi connectivity index (χ0n) is 16.7. The Morgan fingerprint density at radius 2 is 2.03 bits per heavy atom. The summed E-state index contributed by atoms with van der Waals surface area (Å²) in [6.07, 6.45) is 4.39. The molecule has 0 bridgehead atoms. The van der Waals surface area contributed by atoms with Crippen LogP contribution in [-0.4, -0.2) is 37.1 Å². The third-order valence-corrected chi connectivity index (χ3v) is 7.23. The minimum absolute atomic E-state index is 0.130. The number of aromatic nitrogens is 4. The summed E-state index contributed by atoms with van der Waals surface area (Å²) in [6.45, 7) is 6.08. The highest BCUT2D eigenvalue weighted by molar-refractivity contribution is 7.99. The van der Waals surface area contributed by atoms with E-state index in [9.17, 15) is 9.59 Å². The van der Waals surface area contributed by atoms with Crippen LogP contribution in [0.2, 0.25) is 0 Å². The molecule has 2 amide bonds. The number of nitrogens with zero attached hydrogens (tertiary/aromatic N) is 4. The van der Waals surface area contributed by atoms with Crippen molar-refractivity contribution in [2.45, 2.75) is 58.0 Å². The Balaban J connectivity index is 1.65. The number of amides is 2. The fourth-order valence-electron chi connectivity index (χ4n) is 3.60. The Hall–Kier alpha value is -2.20. The van der Waals surface area contributed by atoms with Gasteiger partial charge in [-0.25, -0.2) is 4.98 Å². The van der Waals surface area contributed by atoms with Gasteiger partial charge in [-0.1, -0.05) is 32.5 Å². The van der Waals surface area contributed by atoms with Gasteiger partial charge in [0.25, 0.3) is 0 Å². The maximum Gasteiger partial charge on any atom is 0.248 e. The van der Waals surface area contributed by atoms with Crippen LogP contribution >= 0.6 is 23.1 Å². The molecule has 0 radical (unpaired) electrons. The third-order valence-electron chi connectivity index (χ3n) is 5.15. The van der Waals surface area contributed by atoms with Crippen LogP contribution in [0.5, 0.6) is 0 Å². The van der Waals surface area contributed by atoms with Gasteiger partial charge >= 0.3 is 0 Å². The monoisotopic (exact) mass is 432 g/mol. The van der Waals surface area contributed by atoms with Gasteiger partial charge in [-0.2, -0.15) is 0 Å². The molecule has 1 aliphatic carbocycles. The van der Waals surface area contributed by atoms with Crippen LogP contribution in [0.25, 0.3) is 15.9 Å². The number of thiophene rings is 1. The molecule has 3 aromatic heterocycles. The third kappa shape index (κ3) is 3.83. The van der Waals surface area contributed by atoms with Crippen molar-refractivity contribution in [3.8, 4) is 0 Å². The molecule has 4 rings (SSSR count). The average molecular weight is 433 g/mol. The van der Waals surface area contributed by atoms with Gasteiger partial charge in [0, 0.05) is 17.7 Å². The quantitative estimate of drug-likeness (QED) is 0.475. The standard InChI is InChI=1S/C19H24N6O2S2/c1-4-13-20-18-16(11-7-6-10(3)8-12(11)29-18)17-23-24-19(25(13)17)28-9-15(27)22-21-14(26)5-2/h10H,4-9H2,1-3H3,(H,21,26)(H,22,27)/t10-/m0/s1. The van der Waals surface area contributed by atoms with E-state index in [4.69, 9.17) is 4.98 Å². The fourth-order valence-corrected chi connectivity index (χ4v) is 5.75. The molecule has 0 aromatic carbocycles. The second-order valence-electron chi connectivity index (χ2n) is 7.29. The van der Waals surface area contributed by atoms with Gasteiger partial charge in [0.15, 0.2) is 10.8 Å². The van der Waals surface area contributed by atoms with Crippen LogP contribution in [0, 0.1) is 5.92 Å². The molecule has 0 aliphatic heterocycles. The van der Waals surface area contributed by atoms with Gasteiger partial charge in [-0.3, -0.25) is 24.8 Å². The highest BCUT2D eigenvalue weighted by atomic mass is 32.2. The lowest BCUT2D eigenvalue weighted by Gasteiger charge is -2.17. The van der Waals surface area contributed by atoms with Crippen molar-refractivity contribution in [3.05, 3.63) is 16.3 Å². The molecule has 0 spiro atoms. The number of aryl methyl sites for hydroxylation is 2. The first kappa shape index (κ1) is 20.1. The molecule has 1 aliphatic rings. The summed E-state index contributed by atoms with van der Waals surface area (Å²) in [6, 6.07) is 0.